The second-order valence-electron chi connectivity index (χ2n) is 4.94. The maximum Gasteiger partial charge on any atom is 0.257 e. The van der Waals surface area contributed by atoms with Crippen molar-refractivity contribution >= 4 is 23.4 Å². The van der Waals surface area contributed by atoms with Crippen LogP contribution in [0.3, 0.4) is 0 Å². The molecule has 1 saturated carbocycles. The lowest BCUT2D eigenvalue weighted by molar-refractivity contribution is 0.0936. The molecule has 1 amide bonds. The zero-order valence-corrected chi connectivity index (χ0v) is 12.8. The van der Waals surface area contributed by atoms with E-state index in [4.69, 9.17) is 10.5 Å². The van der Waals surface area contributed by atoms with E-state index >= 15 is 0 Å². The highest BCUT2D eigenvalue weighted by molar-refractivity contribution is 7.99. The van der Waals surface area contributed by atoms with Gasteiger partial charge in [-0.1, -0.05) is 12.5 Å². The Morgan fingerprint density at radius 3 is 3.00 bits per heavy atom. The average molecular weight is 294 g/mol. The van der Waals surface area contributed by atoms with E-state index in [1.54, 1.807) is 18.2 Å². The fraction of sp³-hybridized carbons (Fsp3) is 0.533. The van der Waals surface area contributed by atoms with Crippen LogP contribution in [0, 0.1) is 0 Å². The van der Waals surface area contributed by atoms with Crippen LogP contribution in [0.4, 0.5) is 5.69 Å². The monoisotopic (exact) mass is 294 g/mol. The molecule has 0 saturated heterocycles. The quantitative estimate of drug-likeness (QED) is 0.820. The number of ether oxygens (including phenoxy) is 1. The van der Waals surface area contributed by atoms with Crippen LogP contribution in [0.15, 0.2) is 18.2 Å². The maximum absolute atomic E-state index is 12.5. The van der Waals surface area contributed by atoms with Gasteiger partial charge in [-0.2, -0.15) is 11.8 Å². The molecule has 0 heterocycles. The van der Waals surface area contributed by atoms with Crippen LogP contribution in [-0.4, -0.2) is 30.1 Å². The molecule has 1 fully saturated rings. The van der Waals surface area contributed by atoms with Gasteiger partial charge in [-0.25, -0.2) is 0 Å². The standard InChI is InChI=1S/C15H22N2O2S/c1-3-19-12-8-4-6-10(16)14(12)15(18)17-11-7-5-9-13(11)20-2/h4,6,8,11,13H,3,5,7,9,16H2,1-2H3,(H,17,18). The molecule has 1 aliphatic rings. The summed E-state index contributed by atoms with van der Waals surface area (Å²) in [6.07, 6.45) is 5.46. The number of anilines is 1. The number of nitrogen functional groups attached to an aromatic ring is 1. The third kappa shape index (κ3) is 3.20. The summed E-state index contributed by atoms with van der Waals surface area (Å²) >= 11 is 1.82. The van der Waals surface area contributed by atoms with Crippen LogP contribution in [0.2, 0.25) is 0 Å². The number of carbonyl (C=O) groups is 1. The summed E-state index contributed by atoms with van der Waals surface area (Å²) < 4.78 is 5.51. The molecule has 110 valence electrons. The van der Waals surface area contributed by atoms with Gasteiger partial charge in [0.05, 0.1) is 6.61 Å². The number of thioether (sulfide) groups is 1. The van der Waals surface area contributed by atoms with Crippen molar-refractivity contribution < 1.29 is 9.53 Å². The van der Waals surface area contributed by atoms with Gasteiger partial charge in [-0.05, 0) is 38.2 Å². The van der Waals surface area contributed by atoms with E-state index in [2.05, 4.69) is 11.6 Å². The van der Waals surface area contributed by atoms with Crippen molar-refractivity contribution in [1.29, 1.82) is 0 Å². The van der Waals surface area contributed by atoms with Crippen molar-refractivity contribution in [2.45, 2.75) is 37.5 Å². The van der Waals surface area contributed by atoms with E-state index < -0.39 is 0 Å². The summed E-state index contributed by atoms with van der Waals surface area (Å²) in [6.45, 7) is 2.41. The summed E-state index contributed by atoms with van der Waals surface area (Å²) in [5.41, 5.74) is 6.87. The lowest BCUT2D eigenvalue weighted by Crippen LogP contribution is -2.39. The molecule has 0 radical (unpaired) electrons. The Morgan fingerprint density at radius 2 is 2.30 bits per heavy atom. The zero-order valence-electron chi connectivity index (χ0n) is 12.0. The van der Waals surface area contributed by atoms with Crippen LogP contribution in [0.25, 0.3) is 0 Å². The van der Waals surface area contributed by atoms with Crippen molar-refractivity contribution in [2.24, 2.45) is 0 Å². The number of rotatable bonds is 5. The minimum atomic E-state index is -0.127. The summed E-state index contributed by atoms with van der Waals surface area (Å²) in [5.74, 6) is 0.432. The highest BCUT2D eigenvalue weighted by Crippen LogP contribution is 2.30. The lowest BCUT2D eigenvalue weighted by Gasteiger charge is -2.20. The topological polar surface area (TPSA) is 64.3 Å². The molecular formula is C15H22N2O2S. The largest absolute Gasteiger partial charge is 0.493 e. The number of nitrogens with two attached hydrogens (primary N) is 1. The van der Waals surface area contributed by atoms with Crippen molar-refractivity contribution in [3.8, 4) is 5.75 Å². The van der Waals surface area contributed by atoms with Crippen molar-refractivity contribution in [2.75, 3.05) is 18.6 Å². The molecule has 0 aliphatic heterocycles. The number of hydrogen-bond acceptors (Lipinski definition) is 4. The molecule has 4 nitrogen and oxygen atoms in total. The highest BCUT2D eigenvalue weighted by Gasteiger charge is 2.29. The first-order chi connectivity index (χ1) is 9.67. The van der Waals surface area contributed by atoms with Crippen molar-refractivity contribution in [1.82, 2.24) is 5.32 Å². The highest BCUT2D eigenvalue weighted by atomic mass is 32.2. The first-order valence-corrected chi connectivity index (χ1v) is 8.31. The van der Waals surface area contributed by atoms with Gasteiger partial charge in [0.15, 0.2) is 0 Å². The predicted octanol–water partition coefficient (Wildman–Crippen LogP) is 2.68. The Labute approximate surface area is 124 Å². The van der Waals surface area contributed by atoms with Crippen LogP contribution in [0.5, 0.6) is 5.75 Å². The summed E-state index contributed by atoms with van der Waals surface area (Å²) in [4.78, 5) is 12.5. The Balaban J connectivity index is 2.16. The SMILES string of the molecule is CCOc1cccc(N)c1C(=O)NC1CCCC1SC. The smallest absolute Gasteiger partial charge is 0.257 e. The number of benzene rings is 1. The van der Waals surface area contributed by atoms with E-state index in [0.29, 0.717) is 28.9 Å². The van der Waals surface area contributed by atoms with E-state index in [-0.39, 0.29) is 11.9 Å². The van der Waals surface area contributed by atoms with Crippen molar-refractivity contribution in [3.05, 3.63) is 23.8 Å². The molecule has 0 bridgehead atoms. The fourth-order valence-corrected chi connectivity index (χ4v) is 3.62. The van der Waals surface area contributed by atoms with E-state index in [1.807, 2.05) is 18.7 Å². The molecule has 0 spiro atoms. The Morgan fingerprint density at radius 1 is 1.50 bits per heavy atom. The summed E-state index contributed by atoms with van der Waals surface area (Å²) in [6, 6.07) is 5.55. The molecule has 5 heteroatoms. The minimum Gasteiger partial charge on any atom is -0.493 e. The molecule has 2 rings (SSSR count). The molecule has 1 aromatic rings. The lowest BCUT2D eigenvalue weighted by atomic mass is 10.1. The van der Waals surface area contributed by atoms with Gasteiger partial charge >= 0.3 is 0 Å². The first-order valence-electron chi connectivity index (χ1n) is 7.02. The molecule has 1 aromatic carbocycles. The Bertz CT molecular complexity index is 479. The van der Waals surface area contributed by atoms with Gasteiger partial charge in [0.2, 0.25) is 0 Å². The van der Waals surface area contributed by atoms with Gasteiger partial charge in [0.1, 0.15) is 11.3 Å². The van der Waals surface area contributed by atoms with Crippen molar-refractivity contribution in [3.63, 3.8) is 0 Å². The van der Waals surface area contributed by atoms with Gasteiger partial charge in [-0.15, -0.1) is 0 Å². The first kappa shape index (κ1) is 15.0. The van der Waals surface area contributed by atoms with Gasteiger partial charge in [0.25, 0.3) is 5.91 Å². The van der Waals surface area contributed by atoms with Crippen LogP contribution >= 0.6 is 11.8 Å². The normalized spacial score (nSPS) is 21.7. The minimum absolute atomic E-state index is 0.127. The Hall–Kier alpha value is -1.36. The van der Waals surface area contributed by atoms with Crippen LogP contribution in [-0.2, 0) is 0 Å². The molecule has 0 aromatic heterocycles. The Kier molecular flexibility index (Phi) is 5.17. The predicted molar refractivity (Wildman–Crippen MR) is 84.4 cm³/mol. The molecule has 2 unspecified atom stereocenters. The van der Waals surface area contributed by atoms with E-state index in [0.717, 1.165) is 12.8 Å². The van der Waals surface area contributed by atoms with Crippen LogP contribution in [0.1, 0.15) is 36.5 Å². The molecule has 2 atom stereocenters. The zero-order chi connectivity index (χ0) is 14.5. The average Bonchev–Trinajstić information content (AvgIpc) is 2.86. The molecule has 20 heavy (non-hydrogen) atoms. The van der Waals surface area contributed by atoms with Crippen LogP contribution < -0.4 is 15.8 Å². The molecular weight excluding hydrogens is 272 g/mol. The maximum atomic E-state index is 12.5. The van der Waals surface area contributed by atoms with Gasteiger partial charge in [0, 0.05) is 17.0 Å². The number of amides is 1. The second kappa shape index (κ2) is 6.88. The van der Waals surface area contributed by atoms with E-state index in [1.165, 1.54) is 6.42 Å². The summed E-state index contributed by atoms with van der Waals surface area (Å²) in [7, 11) is 0. The third-order valence-corrected chi connectivity index (χ3v) is 4.83. The van der Waals surface area contributed by atoms with Gasteiger partial charge < -0.3 is 15.8 Å². The van der Waals surface area contributed by atoms with E-state index in [9.17, 15) is 4.79 Å². The fourth-order valence-electron chi connectivity index (χ4n) is 2.68. The number of hydrogen-bond donors (Lipinski definition) is 2. The number of carbonyl (C=O) groups excluding carboxylic acids is 1. The number of nitrogens with one attached hydrogen (secondary N) is 1. The molecule has 3 N–H and O–H groups in total. The summed E-state index contributed by atoms with van der Waals surface area (Å²) in [5, 5.41) is 3.62. The van der Waals surface area contributed by atoms with Gasteiger partial charge in [-0.3, -0.25) is 4.79 Å². The third-order valence-electron chi connectivity index (χ3n) is 3.66. The molecule has 1 aliphatic carbocycles. The second-order valence-corrected chi connectivity index (χ2v) is 6.02.